The number of aromatic nitrogens is 3. The Labute approximate surface area is 152 Å². The van der Waals surface area contributed by atoms with E-state index in [1.54, 1.807) is 10.9 Å². The van der Waals surface area contributed by atoms with Gasteiger partial charge in [-0.3, -0.25) is 9.48 Å². The quantitative estimate of drug-likeness (QED) is 0.675. The molecule has 1 unspecified atom stereocenters. The van der Waals surface area contributed by atoms with Gasteiger partial charge in [0.15, 0.2) is 0 Å². The zero-order valence-electron chi connectivity index (χ0n) is 15.3. The lowest BCUT2D eigenvalue weighted by Crippen LogP contribution is -2.41. The van der Waals surface area contributed by atoms with Gasteiger partial charge in [-0.25, -0.2) is 0 Å². The van der Waals surface area contributed by atoms with Gasteiger partial charge < -0.3 is 15.4 Å². The maximum absolute atomic E-state index is 13.0. The number of rotatable bonds is 4. The van der Waals surface area contributed by atoms with E-state index in [-0.39, 0.29) is 24.0 Å². The second-order valence-electron chi connectivity index (χ2n) is 7.46. The van der Waals surface area contributed by atoms with Gasteiger partial charge in [0.1, 0.15) is 5.69 Å². The minimum Gasteiger partial charge on any atom is -0.393 e. The van der Waals surface area contributed by atoms with Crippen molar-refractivity contribution in [3.63, 3.8) is 0 Å². The monoisotopic (exact) mass is 352 g/mol. The third kappa shape index (κ3) is 2.90. The summed E-state index contributed by atoms with van der Waals surface area (Å²) in [6.45, 7) is 4.02. The average Bonchev–Trinajstić information content (AvgIpc) is 3.14. The molecule has 0 aliphatic heterocycles. The molecule has 3 N–H and O–H groups in total. The van der Waals surface area contributed by atoms with Crippen LogP contribution >= 0.6 is 0 Å². The summed E-state index contributed by atoms with van der Waals surface area (Å²) < 4.78 is 1.74. The first-order valence-corrected chi connectivity index (χ1v) is 8.98. The Morgan fingerprint density at radius 3 is 2.81 bits per heavy atom. The lowest BCUT2D eigenvalue weighted by Gasteiger charge is -2.37. The van der Waals surface area contributed by atoms with Crippen LogP contribution in [0, 0.1) is 19.8 Å². The molecule has 0 radical (unpaired) electrons. The summed E-state index contributed by atoms with van der Waals surface area (Å²) in [7, 11) is 1.86. The molecule has 0 bridgehead atoms. The Bertz CT molecular complexity index is 966. The third-order valence-electron chi connectivity index (χ3n) is 5.43. The molecule has 136 valence electrons. The van der Waals surface area contributed by atoms with Crippen LogP contribution in [0.5, 0.6) is 0 Å². The predicted molar refractivity (Wildman–Crippen MR) is 99.9 cm³/mol. The third-order valence-corrected chi connectivity index (χ3v) is 5.43. The molecule has 2 aromatic heterocycles. The fourth-order valence-corrected chi connectivity index (χ4v) is 3.86. The highest BCUT2D eigenvalue weighted by atomic mass is 16.3. The summed E-state index contributed by atoms with van der Waals surface area (Å²) in [4.78, 5) is 16.3. The molecule has 26 heavy (non-hydrogen) atoms. The van der Waals surface area contributed by atoms with Gasteiger partial charge in [0, 0.05) is 29.7 Å². The number of nitrogens with zero attached hydrogens (tertiary/aromatic N) is 2. The maximum Gasteiger partial charge on any atom is 0.268 e. The predicted octanol–water partition coefficient (Wildman–Crippen LogP) is 2.76. The molecule has 6 nitrogen and oxygen atoms in total. The van der Waals surface area contributed by atoms with Crippen molar-refractivity contribution in [2.45, 2.75) is 38.8 Å². The van der Waals surface area contributed by atoms with E-state index in [1.807, 2.05) is 39.2 Å². The highest BCUT2D eigenvalue weighted by Crippen LogP contribution is 2.38. The van der Waals surface area contributed by atoms with Gasteiger partial charge in [-0.15, -0.1) is 0 Å². The van der Waals surface area contributed by atoms with Crippen molar-refractivity contribution in [1.29, 1.82) is 0 Å². The smallest absolute Gasteiger partial charge is 0.268 e. The number of aryl methyl sites for hydroxylation is 3. The Morgan fingerprint density at radius 1 is 1.38 bits per heavy atom. The second kappa shape index (κ2) is 6.29. The van der Waals surface area contributed by atoms with Gasteiger partial charge in [-0.05, 0) is 50.3 Å². The number of aliphatic hydroxyl groups excluding tert-OH is 1. The first-order chi connectivity index (χ1) is 12.4. The van der Waals surface area contributed by atoms with Crippen molar-refractivity contribution < 1.29 is 9.90 Å². The molecule has 0 spiro atoms. The van der Waals surface area contributed by atoms with Crippen molar-refractivity contribution in [2.75, 3.05) is 0 Å². The van der Waals surface area contributed by atoms with Gasteiger partial charge >= 0.3 is 0 Å². The number of hydrogen-bond acceptors (Lipinski definition) is 3. The molecule has 1 aliphatic carbocycles. The molecule has 1 amide bonds. The van der Waals surface area contributed by atoms with Crippen LogP contribution in [0.3, 0.4) is 0 Å². The standard InChI is InChI=1S/C20H24N4O2/c1-11-4-5-17-16(6-11)12(2)18(22-17)20(26)23-19(13-7-15(25)8-13)14-9-21-24(3)10-14/h4-6,9-10,13,15,19,22,25H,7-8H2,1-3H3,(H,23,26). The van der Waals surface area contributed by atoms with Crippen LogP contribution in [0.4, 0.5) is 0 Å². The fourth-order valence-electron chi connectivity index (χ4n) is 3.86. The van der Waals surface area contributed by atoms with Crippen molar-refractivity contribution >= 4 is 16.8 Å². The number of carbonyl (C=O) groups excluding carboxylic acids is 1. The highest BCUT2D eigenvalue weighted by molar-refractivity contribution is 6.01. The van der Waals surface area contributed by atoms with E-state index < -0.39 is 0 Å². The molecule has 1 aromatic carbocycles. The van der Waals surface area contributed by atoms with Gasteiger partial charge in [0.2, 0.25) is 0 Å². The van der Waals surface area contributed by atoms with Crippen molar-refractivity contribution in [3.8, 4) is 0 Å². The van der Waals surface area contributed by atoms with Crippen molar-refractivity contribution in [1.82, 2.24) is 20.1 Å². The summed E-state index contributed by atoms with van der Waals surface area (Å²) in [5.74, 6) is 0.108. The molecule has 3 aromatic rings. The molecular weight excluding hydrogens is 328 g/mol. The molecule has 4 rings (SSSR count). The van der Waals surface area contributed by atoms with E-state index >= 15 is 0 Å². The van der Waals surface area contributed by atoms with Crippen molar-refractivity contribution in [2.24, 2.45) is 13.0 Å². The highest BCUT2D eigenvalue weighted by Gasteiger charge is 2.36. The number of H-pyrrole nitrogens is 1. The van der Waals surface area contributed by atoms with E-state index in [0.717, 1.165) is 22.0 Å². The lowest BCUT2D eigenvalue weighted by molar-refractivity contribution is 0.0234. The summed E-state index contributed by atoms with van der Waals surface area (Å²) in [6.07, 6.45) is 4.85. The van der Waals surface area contributed by atoms with E-state index in [0.29, 0.717) is 18.5 Å². The number of nitrogens with one attached hydrogen (secondary N) is 2. The van der Waals surface area contributed by atoms with Crippen LogP contribution in [0.2, 0.25) is 0 Å². The topological polar surface area (TPSA) is 82.9 Å². The second-order valence-corrected chi connectivity index (χ2v) is 7.46. The molecule has 1 saturated carbocycles. The van der Waals surface area contributed by atoms with E-state index in [4.69, 9.17) is 0 Å². The molecule has 0 saturated heterocycles. The molecule has 2 heterocycles. The van der Waals surface area contributed by atoms with Crippen LogP contribution in [0.25, 0.3) is 10.9 Å². The largest absolute Gasteiger partial charge is 0.393 e. The van der Waals surface area contributed by atoms with E-state index in [1.165, 1.54) is 5.56 Å². The van der Waals surface area contributed by atoms with Crippen LogP contribution in [0.15, 0.2) is 30.6 Å². The van der Waals surface area contributed by atoms with Gasteiger partial charge in [-0.2, -0.15) is 5.10 Å². The summed E-state index contributed by atoms with van der Waals surface area (Å²) >= 11 is 0. The minimum atomic E-state index is -0.270. The Balaban J connectivity index is 1.63. The lowest BCUT2D eigenvalue weighted by atomic mass is 9.75. The first kappa shape index (κ1) is 16.8. The zero-order chi connectivity index (χ0) is 18.4. The summed E-state index contributed by atoms with van der Waals surface area (Å²) in [5.41, 5.74) is 4.67. The Morgan fingerprint density at radius 2 is 2.15 bits per heavy atom. The summed E-state index contributed by atoms with van der Waals surface area (Å²) in [6, 6.07) is 6.00. The molecule has 1 atom stereocenters. The maximum atomic E-state index is 13.0. The fraction of sp³-hybridized carbons (Fsp3) is 0.400. The molecule has 1 aliphatic rings. The van der Waals surface area contributed by atoms with Crippen LogP contribution in [-0.4, -0.2) is 31.9 Å². The first-order valence-electron chi connectivity index (χ1n) is 8.98. The minimum absolute atomic E-state index is 0.119. The number of carbonyl (C=O) groups is 1. The van der Waals surface area contributed by atoms with Gasteiger partial charge in [0.05, 0.1) is 18.3 Å². The SMILES string of the molecule is Cc1ccc2[nH]c(C(=O)NC(c3cnn(C)c3)C3CC(O)C3)c(C)c2c1. The number of amides is 1. The number of aliphatic hydroxyl groups is 1. The molecule has 6 heteroatoms. The summed E-state index contributed by atoms with van der Waals surface area (Å²) in [5, 5.41) is 18.2. The van der Waals surface area contributed by atoms with E-state index in [2.05, 4.69) is 21.5 Å². The van der Waals surface area contributed by atoms with Crippen LogP contribution in [0.1, 0.15) is 46.1 Å². The molecule has 1 fully saturated rings. The number of fused-ring (bicyclic) bond motifs is 1. The Hall–Kier alpha value is -2.60. The average molecular weight is 352 g/mol. The number of hydrogen-bond donors (Lipinski definition) is 3. The van der Waals surface area contributed by atoms with Crippen LogP contribution < -0.4 is 5.32 Å². The number of aromatic amines is 1. The normalized spacial score (nSPS) is 20.8. The molecular formula is C20H24N4O2. The Kier molecular flexibility index (Phi) is 4.07. The van der Waals surface area contributed by atoms with Gasteiger partial charge in [0.25, 0.3) is 5.91 Å². The van der Waals surface area contributed by atoms with Crippen molar-refractivity contribution in [3.05, 3.63) is 53.0 Å². The zero-order valence-corrected chi connectivity index (χ0v) is 15.3. The number of benzene rings is 1. The van der Waals surface area contributed by atoms with Gasteiger partial charge in [-0.1, -0.05) is 11.6 Å². The van der Waals surface area contributed by atoms with Crippen LogP contribution in [-0.2, 0) is 7.05 Å². The van der Waals surface area contributed by atoms with E-state index in [9.17, 15) is 9.90 Å².